The van der Waals surface area contributed by atoms with Gasteiger partial charge in [0.1, 0.15) is 6.54 Å². The van der Waals surface area contributed by atoms with Gasteiger partial charge in [-0.1, -0.05) is 0 Å². The minimum Gasteiger partial charge on any atom is -0.293 e. The number of carbonyl (C=O) groups excluding carboxylic acids is 1. The van der Waals surface area contributed by atoms with Crippen LogP contribution in [-0.2, 0) is 6.54 Å². The molecule has 0 unspecified atom stereocenters. The van der Waals surface area contributed by atoms with E-state index in [9.17, 15) is 4.79 Å². The van der Waals surface area contributed by atoms with E-state index in [1.165, 1.54) is 17.1 Å². The van der Waals surface area contributed by atoms with Gasteiger partial charge in [-0.05, 0) is 0 Å². The number of aromatic nitrogens is 2. The topological polar surface area (TPSA) is 58.7 Å². The number of Topliss-reactive ketones (excluding diaryl/α,β-unsaturated/α-hetero) is 1. The van der Waals surface area contributed by atoms with Gasteiger partial charge < -0.3 is 0 Å². The maximum Gasteiger partial charge on any atom is 0.180 e. The molecule has 4 nitrogen and oxygen atoms in total. The molecule has 0 saturated carbocycles. The second kappa shape index (κ2) is 3.88. The third-order valence-electron chi connectivity index (χ3n) is 1.31. The first-order valence-electron chi connectivity index (χ1n) is 3.26. The van der Waals surface area contributed by atoms with Crippen molar-refractivity contribution in [1.82, 2.24) is 9.78 Å². The van der Waals surface area contributed by atoms with Gasteiger partial charge in [-0.25, -0.2) is 0 Å². The maximum absolute atomic E-state index is 11.0. The van der Waals surface area contributed by atoms with Crippen LogP contribution in [0.1, 0.15) is 10.4 Å². The van der Waals surface area contributed by atoms with Crippen molar-refractivity contribution in [3.8, 4) is 6.07 Å². The van der Waals surface area contributed by atoms with E-state index in [0.717, 1.165) is 0 Å². The lowest BCUT2D eigenvalue weighted by Crippen LogP contribution is -1.98. The first-order chi connectivity index (χ1) is 5.77. The highest BCUT2D eigenvalue weighted by molar-refractivity contribution is 6.30. The zero-order valence-corrected chi connectivity index (χ0v) is 6.95. The normalized spacial score (nSPS) is 9.33. The molecule has 12 heavy (non-hydrogen) atoms. The zero-order chi connectivity index (χ0) is 8.97. The van der Waals surface area contributed by atoms with E-state index in [0.29, 0.717) is 5.56 Å². The molecule has 0 radical (unpaired) electrons. The molecule has 1 aromatic rings. The molecule has 0 N–H and O–H groups in total. The van der Waals surface area contributed by atoms with Gasteiger partial charge in [0, 0.05) is 6.20 Å². The predicted molar refractivity (Wildman–Crippen MR) is 42.9 cm³/mol. The van der Waals surface area contributed by atoms with Gasteiger partial charge in [0.05, 0.1) is 23.7 Å². The minimum absolute atomic E-state index is 0.0573. The molecule has 5 heteroatoms. The summed E-state index contributed by atoms with van der Waals surface area (Å²) in [6.07, 6.45) is 2.91. The van der Waals surface area contributed by atoms with E-state index in [2.05, 4.69) is 5.10 Å². The van der Waals surface area contributed by atoms with Crippen LogP contribution in [0.25, 0.3) is 0 Å². The molecule has 0 fully saturated rings. The van der Waals surface area contributed by atoms with Crippen molar-refractivity contribution in [2.24, 2.45) is 0 Å². The van der Waals surface area contributed by atoms with Crippen molar-refractivity contribution in [1.29, 1.82) is 5.26 Å². The summed E-state index contributed by atoms with van der Waals surface area (Å²) in [4.78, 5) is 11.0. The molecule has 0 aliphatic heterocycles. The van der Waals surface area contributed by atoms with Crippen molar-refractivity contribution in [2.75, 3.05) is 5.88 Å². The molecule has 0 aliphatic carbocycles. The molecule has 0 aliphatic rings. The molecule has 0 amide bonds. The number of alkyl halides is 1. The summed E-state index contributed by atoms with van der Waals surface area (Å²) in [5.74, 6) is -0.237. The quantitative estimate of drug-likeness (QED) is 0.515. The summed E-state index contributed by atoms with van der Waals surface area (Å²) in [5, 5.41) is 12.1. The van der Waals surface area contributed by atoms with Crippen molar-refractivity contribution in [3.05, 3.63) is 18.0 Å². The highest BCUT2D eigenvalue weighted by atomic mass is 35.5. The summed E-state index contributed by atoms with van der Waals surface area (Å²) in [5.41, 5.74) is 0.445. The van der Waals surface area contributed by atoms with Gasteiger partial charge in [0.15, 0.2) is 5.78 Å². The Morgan fingerprint density at radius 1 is 1.83 bits per heavy atom. The van der Waals surface area contributed by atoms with Crippen LogP contribution < -0.4 is 0 Å². The molecule has 1 aromatic heterocycles. The van der Waals surface area contributed by atoms with Gasteiger partial charge in [-0.15, -0.1) is 11.6 Å². The lowest BCUT2D eigenvalue weighted by Gasteiger charge is -1.88. The number of carbonyl (C=O) groups is 1. The van der Waals surface area contributed by atoms with E-state index in [-0.39, 0.29) is 18.2 Å². The standard InChI is InChI=1S/C7H6ClN3O/c8-3-7(12)6-4-10-11(5-6)2-1-9/h4-5H,2-3H2. The predicted octanol–water partition coefficient (Wildman–Crippen LogP) is 0.828. The Morgan fingerprint density at radius 2 is 2.58 bits per heavy atom. The Hall–Kier alpha value is -1.34. The summed E-state index contributed by atoms with van der Waals surface area (Å²) >= 11 is 5.32. The van der Waals surface area contributed by atoms with Crippen LogP contribution in [0, 0.1) is 11.3 Å². The van der Waals surface area contributed by atoms with Crippen molar-refractivity contribution < 1.29 is 4.79 Å². The van der Waals surface area contributed by atoms with Crippen LogP contribution in [0.15, 0.2) is 12.4 Å². The molecule has 0 atom stereocenters. The number of nitrogens with zero attached hydrogens (tertiary/aromatic N) is 3. The number of nitriles is 1. The number of hydrogen-bond donors (Lipinski definition) is 0. The van der Waals surface area contributed by atoms with Gasteiger partial charge in [0.2, 0.25) is 0 Å². The molecular formula is C7H6ClN3O. The van der Waals surface area contributed by atoms with Gasteiger partial charge in [0.25, 0.3) is 0 Å². The monoisotopic (exact) mass is 183 g/mol. The highest BCUT2D eigenvalue weighted by Crippen LogP contribution is 2.00. The van der Waals surface area contributed by atoms with E-state index in [1.807, 2.05) is 6.07 Å². The second-order valence-electron chi connectivity index (χ2n) is 2.14. The average Bonchev–Trinajstić information content (AvgIpc) is 2.52. The van der Waals surface area contributed by atoms with Crippen LogP contribution in [0.4, 0.5) is 0 Å². The Balaban J connectivity index is 2.78. The van der Waals surface area contributed by atoms with E-state index >= 15 is 0 Å². The minimum atomic E-state index is -0.180. The summed E-state index contributed by atoms with van der Waals surface area (Å²) in [6.45, 7) is 0.148. The Kier molecular flexibility index (Phi) is 2.83. The van der Waals surface area contributed by atoms with Crippen LogP contribution in [0.3, 0.4) is 0 Å². The number of halogens is 1. The first kappa shape index (κ1) is 8.75. The fraction of sp³-hybridized carbons (Fsp3) is 0.286. The largest absolute Gasteiger partial charge is 0.293 e. The molecule has 1 heterocycles. The summed E-state index contributed by atoms with van der Waals surface area (Å²) < 4.78 is 1.39. The Bertz CT molecular complexity index is 326. The van der Waals surface area contributed by atoms with Crippen LogP contribution in [-0.4, -0.2) is 21.4 Å². The summed E-state index contributed by atoms with van der Waals surface area (Å²) in [6, 6.07) is 1.91. The fourth-order valence-corrected chi connectivity index (χ4v) is 0.898. The zero-order valence-electron chi connectivity index (χ0n) is 6.20. The lowest BCUT2D eigenvalue weighted by atomic mass is 10.3. The van der Waals surface area contributed by atoms with Crippen molar-refractivity contribution in [2.45, 2.75) is 6.54 Å². The van der Waals surface area contributed by atoms with E-state index in [1.54, 1.807) is 0 Å². The van der Waals surface area contributed by atoms with Crippen molar-refractivity contribution >= 4 is 17.4 Å². The Labute approximate surface area is 74.4 Å². The first-order valence-corrected chi connectivity index (χ1v) is 3.80. The second-order valence-corrected chi connectivity index (χ2v) is 2.41. The highest BCUT2D eigenvalue weighted by Gasteiger charge is 2.05. The molecule has 1 rings (SSSR count). The molecule has 0 saturated heterocycles. The Morgan fingerprint density at radius 3 is 3.17 bits per heavy atom. The van der Waals surface area contributed by atoms with Crippen LogP contribution in [0.5, 0.6) is 0 Å². The fourth-order valence-electron chi connectivity index (χ4n) is 0.744. The summed E-state index contributed by atoms with van der Waals surface area (Å²) in [7, 11) is 0. The van der Waals surface area contributed by atoms with E-state index < -0.39 is 0 Å². The maximum atomic E-state index is 11.0. The van der Waals surface area contributed by atoms with Crippen LogP contribution >= 0.6 is 11.6 Å². The number of hydrogen-bond acceptors (Lipinski definition) is 3. The third-order valence-corrected chi connectivity index (χ3v) is 1.55. The van der Waals surface area contributed by atoms with Crippen LogP contribution in [0.2, 0.25) is 0 Å². The SMILES string of the molecule is N#CCn1cc(C(=O)CCl)cn1. The lowest BCUT2D eigenvalue weighted by molar-refractivity contribution is 0.102. The molecule has 0 aromatic carbocycles. The third kappa shape index (κ3) is 1.83. The molecular weight excluding hydrogens is 178 g/mol. The van der Waals surface area contributed by atoms with E-state index in [4.69, 9.17) is 16.9 Å². The number of rotatable bonds is 3. The smallest absolute Gasteiger partial charge is 0.180 e. The molecule has 62 valence electrons. The van der Waals surface area contributed by atoms with Gasteiger partial charge in [-0.3, -0.25) is 9.48 Å². The number of ketones is 1. The molecule has 0 spiro atoms. The van der Waals surface area contributed by atoms with Gasteiger partial charge in [-0.2, -0.15) is 10.4 Å². The van der Waals surface area contributed by atoms with Gasteiger partial charge >= 0.3 is 0 Å². The molecule has 0 bridgehead atoms. The van der Waals surface area contributed by atoms with Crippen molar-refractivity contribution in [3.63, 3.8) is 0 Å². The average molecular weight is 184 g/mol.